The summed E-state index contributed by atoms with van der Waals surface area (Å²) in [6.45, 7) is 2.86. The fourth-order valence-electron chi connectivity index (χ4n) is 2.33. The van der Waals surface area contributed by atoms with Gasteiger partial charge in [-0.1, -0.05) is 0 Å². The highest BCUT2D eigenvalue weighted by molar-refractivity contribution is 6.45. The Balaban J connectivity index is 1.94. The Morgan fingerprint density at radius 3 is 2.67 bits per heavy atom. The van der Waals surface area contributed by atoms with Crippen molar-refractivity contribution in [3.05, 3.63) is 29.8 Å². The summed E-state index contributed by atoms with van der Waals surface area (Å²) in [5.41, 5.74) is 0. The molecule has 0 amide bonds. The van der Waals surface area contributed by atoms with Gasteiger partial charge in [0.15, 0.2) is 0 Å². The molecule has 1 aromatic carbocycles. The fraction of sp³-hybridized carbons (Fsp3) is 0.500. The average Bonchev–Trinajstić information content (AvgIpc) is 2.73. The van der Waals surface area contributed by atoms with Crippen LogP contribution in [0, 0.1) is 11.6 Å². The summed E-state index contributed by atoms with van der Waals surface area (Å²) in [5.74, 6) is -1.11. The number of hydrogen-bond donors (Lipinski definition) is 1. The van der Waals surface area contributed by atoms with Crippen LogP contribution in [-0.4, -0.2) is 36.1 Å². The maximum absolute atomic E-state index is 13.0. The van der Waals surface area contributed by atoms with Gasteiger partial charge in [-0.15, -0.1) is 0 Å². The highest BCUT2D eigenvalue weighted by atomic mass is 19.1. The predicted octanol–water partition coefficient (Wildman–Crippen LogP) is 1.92. The van der Waals surface area contributed by atoms with E-state index in [0.29, 0.717) is 6.61 Å². The molecule has 1 saturated heterocycles. The van der Waals surface area contributed by atoms with Crippen molar-refractivity contribution in [3.8, 4) is 5.75 Å². The Kier molecular flexibility index (Phi) is 4.19. The predicted molar refractivity (Wildman–Crippen MR) is 65.4 cm³/mol. The zero-order valence-electron chi connectivity index (χ0n) is 10.3. The quantitative estimate of drug-likeness (QED) is 0.834. The fourth-order valence-corrected chi connectivity index (χ4v) is 2.33. The number of benzene rings is 1. The highest BCUT2D eigenvalue weighted by Gasteiger charge is 2.30. The molecule has 1 aliphatic heterocycles. The molecule has 0 aromatic heterocycles. The van der Waals surface area contributed by atoms with Crippen LogP contribution in [-0.2, 0) is 0 Å². The summed E-state index contributed by atoms with van der Waals surface area (Å²) in [5, 5.41) is 9.56. The standard InChI is InChI=1S/C12H16BF2NO2/c1-13(17)16-4-2-3-11(16)8-18-12-6-9(14)5-10(15)7-12/h5-7,11,17H,2-4,8H2,1H3/t11-/m0/s1. The zero-order chi connectivity index (χ0) is 13.1. The van der Waals surface area contributed by atoms with Crippen molar-refractivity contribution in [2.45, 2.75) is 25.7 Å². The van der Waals surface area contributed by atoms with Crippen molar-refractivity contribution in [2.75, 3.05) is 13.2 Å². The topological polar surface area (TPSA) is 32.7 Å². The number of nitrogens with zero attached hydrogens (tertiary/aromatic N) is 1. The third-order valence-electron chi connectivity index (χ3n) is 3.18. The van der Waals surface area contributed by atoms with E-state index in [9.17, 15) is 13.8 Å². The smallest absolute Gasteiger partial charge is 0.376 e. The number of ether oxygens (including phenoxy) is 1. The van der Waals surface area contributed by atoms with Crippen LogP contribution in [0.2, 0.25) is 6.82 Å². The van der Waals surface area contributed by atoms with Gasteiger partial charge in [0.2, 0.25) is 0 Å². The lowest BCUT2D eigenvalue weighted by atomic mass is 9.84. The maximum Gasteiger partial charge on any atom is 0.376 e. The molecule has 0 bridgehead atoms. The second kappa shape index (κ2) is 5.67. The van der Waals surface area contributed by atoms with Gasteiger partial charge in [-0.05, 0) is 26.2 Å². The molecular formula is C12H16BF2NO2. The van der Waals surface area contributed by atoms with Crippen LogP contribution in [0.4, 0.5) is 8.78 Å². The van der Waals surface area contributed by atoms with Crippen molar-refractivity contribution in [1.29, 1.82) is 0 Å². The molecule has 1 heterocycles. The van der Waals surface area contributed by atoms with E-state index < -0.39 is 18.7 Å². The average molecular weight is 255 g/mol. The number of hydrogen-bond acceptors (Lipinski definition) is 3. The van der Waals surface area contributed by atoms with E-state index in [0.717, 1.165) is 37.6 Å². The Morgan fingerprint density at radius 1 is 1.39 bits per heavy atom. The third kappa shape index (κ3) is 3.20. The molecule has 6 heteroatoms. The number of halogens is 2. The molecule has 0 spiro atoms. The van der Waals surface area contributed by atoms with Crippen molar-refractivity contribution in [2.24, 2.45) is 0 Å². The minimum absolute atomic E-state index is 0.0938. The molecule has 3 nitrogen and oxygen atoms in total. The summed E-state index contributed by atoms with van der Waals surface area (Å²) >= 11 is 0. The first-order chi connectivity index (χ1) is 8.56. The normalized spacial score (nSPS) is 20.1. The molecule has 1 fully saturated rings. The van der Waals surface area contributed by atoms with E-state index in [1.54, 1.807) is 6.82 Å². The molecule has 0 saturated carbocycles. The monoisotopic (exact) mass is 255 g/mol. The summed E-state index contributed by atoms with van der Waals surface area (Å²) in [7, 11) is -0.523. The Bertz CT molecular complexity index is 397. The van der Waals surface area contributed by atoms with Crippen LogP contribution in [0.5, 0.6) is 5.75 Å². The molecule has 18 heavy (non-hydrogen) atoms. The SMILES string of the molecule is CB(O)N1CCC[C@H]1COc1cc(F)cc(F)c1. The van der Waals surface area contributed by atoms with Crippen molar-refractivity contribution >= 4 is 7.05 Å². The van der Waals surface area contributed by atoms with Gasteiger partial charge in [0.1, 0.15) is 24.0 Å². The van der Waals surface area contributed by atoms with Crippen LogP contribution in [0.3, 0.4) is 0 Å². The van der Waals surface area contributed by atoms with E-state index in [-0.39, 0.29) is 11.8 Å². The van der Waals surface area contributed by atoms with Crippen LogP contribution < -0.4 is 4.74 Å². The zero-order valence-corrected chi connectivity index (χ0v) is 10.3. The molecule has 1 aromatic rings. The second-order valence-corrected chi connectivity index (χ2v) is 4.58. The van der Waals surface area contributed by atoms with E-state index in [1.807, 2.05) is 4.81 Å². The van der Waals surface area contributed by atoms with Gasteiger partial charge in [-0.25, -0.2) is 8.78 Å². The molecule has 0 unspecified atom stereocenters. The summed E-state index contributed by atoms with van der Waals surface area (Å²) < 4.78 is 31.3. The van der Waals surface area contributed by atoms with E-state index in [1.165, 1.54) is 0 Å². The Hall–Kier alpha value is -1.14. The molecule has 98 valence electrons. The Labute approximate surface area is 105 Å². The molecule has 0 radical (unpaired) electrons. The van der Waals surface area contributed by atoms with Gasteiger partial charge in [-0.2, -0.15) is 0 Å². The van der Waals surface area contributed by atoms with Crippen LogP contribution in [0.25, 0.3) is 0 Å². The first kappa shape index (κ1) is 13.3. The van der Waals surface area contributed by atoms with Crippen molar-refractivity contribution < 1.29 is 18.5 Å². The largest absolute Gasteiger partial charge is 0.492 e. The minimum Gasteiger partial charge on any atom is -0.492 e. The van der Waals surface area contributed by atoms with Crippen LogP contribution in [0.15, 0.2) is 18.2 Å². The lowest BCUT2D eigenvalue weighted by molar-refractivity contribution is 0.218. The van der Waals surface area contributed by atoms with Gasteiger partial charge >= 0.3 is 7.05 Å². The minimum atomic E-state index is -0.649. The van der Waals surface area contributed by atoms with Crippen molar-refractivity contribution in [3.63, 3.8) is 0 Å². The van der Waals surface area contributed by atoms with Crippen LogP contribution in [0.1, 0.15) is 12.8 Å². The van der Waals surface area contributed by atoms with Gasteiger partial charge < -0.3 is 14.6 Å². The first-order valence-electron chi connectivity index (χ1n) is 6.09. The van der Waals surface area contributed by atoms with E-state index in [4.69, 9.17) is 4.74 Å². The van der Waals surface area contributed by atoms with Crippen LogP contribution >= 0.6 is 0 Å². The molecule has 1 aliphatic rings. The molecule has 2 rings (SSSR count). The maximum atomic E-state index is 13.0. The molecule has 1 N–H and O–H groups in total. The third-order valence-corrected chi connectivity index (χ3v) is 3.18. The van der Waals surface area contributed by atoms with Gasteiger partial charge in [0.25, 0.3) is 0 Å². The molecular weight excluding hydrogens is 239 g/mol. The highest BCUT2D eigenvalue weighted by Crippen LogP contribution is 2.21. The van der Waals surface area contributed by atoms with Crippen molar-refractivity contribution in [1.82, 2.24) is 4.81 Å². The van der Waals surface area contributed by atoms with Gasteiger partial charge in [0, 0.05) is 24.2 Å². The summed E-state index contributed by atoms with van der Waals surface area (Å²) in [6, 6.07) is 3.22. The van der Waals surface area contributed by atoms with E-state index >= 15 is 0 Å². The lowest BCUT2D eigenvalue weighted by Gasteiger charge is -2.25. The lowest BCUT2D eigenvalue weighted by Crippen LogP contribution is -2.43. The summed E-state index contributed by atoms with van der Waals surface area (Å²) in [6.07, 6.45) is 1.92. The molecule has 0 aliphatic carbocycles. The first-order valence-corrected chi connectivity index (χ1v) is 6.09. The van der Waals surface area contributed by atoms with E-state index in [2.05, 4.69) is 0 Å². The van der Waals surface area contributed by atoms with Gasteiger partial charge in [-0.3, -0.25) is 0 Å². The number of rotatable bonds is 4. The Morgan fingerprint density at radius 2 is 2.06 bits per heavy atom. The second-order valence-electron chi connectivity index (χ2n) is 4.58. The van der Waals surface area contributed by atoms with Gasteiger partial charge in [0.05, 0.1) is 0 Å². The summed E-state index contributed by atoms with van der Waals surface area (Å²) in [4.78, 5) is 1.93. The molecule has 1 atom stereocenters.